The van der Waals surface area contributed by atoms with Crippen LogP contribution in [0.15, 0.2) is 41.1 Å². The Morgan fingerprint density at radius 1 is 0.923 bits per heavy atom. The van der Waals surface area contributed by atoms with Gasteiger partial charge in [0.15, 0.2) is 0 Å². The van der Waals surface area contributed by atoms with Crippen LogP contribution >= 0.6 is 0 Å². The van der Waals surface area contributed by atoms with Crippen molar-refractivity contribution in [2.24, 2.45) is 0 Å². The van der Waals surface area contributed by atoms with E-state index in [2.05, 4.69) is 20.9 Å². The molecule has 2 aromatic rings. The van der Waals surface area contributed by atoms with E-state index >= 15 is 0 Å². The molecule has 216 valence electrons. The normalized spacial score (nSPS) is 17.2. The molecule has 0 unspecified atom stereocenters. The Balaban J connectivity index is 0.000000317. The number of alkyl halides is 6. The largest absolute Gasteiger partial charge is 0.490 e. The number of aryl methyl sites for hydroxylation is 1. The zero-order chi connectivity index (χ0) is 29.4. The van der Waals surface area contributed by atoms with Crippen molar-refractivity contribution in [3.05, 3.63) is 53.7 Å². The van der Waals surface area contributed by atoms with Gasteiger partial charge in [-0.3, -0.25) is 14.7 Å². The standard InChI is InChI=1S/C20H25N3O2.2C2HF3O2/c1-16-2-3-18(25-16)15-22-12-8-20(9-13-22)7-4-19(24)23(20)14-17-5-10-21-11-6-17;2*3-2(4,5)1(6)7/h2-3,5-6,10-11H,4,7-9,12-15H2,1H3;2*(H,6,7). The maximum absolute atomic E-state index is 12.5. The van der Waals surface area contributed by atoms with E-state index in [1.807, 2.05) is 25.1 Å². The number of halogens is 6. The van der Waals surface area contributed by atoms with E-state index in [1.54, 1.807) is 12.4 Å². The number of furan rings is 1. The van der Waals surface area contributed by atoms with Gasteiger partial charge in [-0.25, -0.2) is 9.59 Å². The Morgan fingerprint density at radius 3 is 1.87 bits per heavy atom. The van der Waals surface area contributed by atoms with Gasteiger partial charge in [-0.05, 0) is 56.0 Å². The first-order valence-electron chi connectivity index (χ1n) is 11.6. The zero-order valence-corrected chi connectivity index (χ0v) is 20.8. The summed E-state index contributed by atoms with van der Waals surface area (Å²) in [6, 6.07) is 8.10. The molecule has 9 nitrogen and oxygen atoms in total. The van der Waals surface area contributed by atoms with Crippen molar-refractivity contribution < 1.29 is 55.4 Å². The number of pyridine rings is 1. The van der Waals surface area contributed by atoms with E-state index in [9.17, 15) is 31.1 Å². The first kappa shape index (κ1) is 31.6. The third-order valence-electron chi connectivity index (χ3n) is 6.22. The number of aliphatic carboxylic acids is 2. The smallest absolute Gasteiger partial charge is 0.475 e. The summed E-state index contributed by atoms with van der Waals surface area (Å²) >= 11 is 0. The van der Waals surface area contributed by atoms with Crippen LogP contribution in [0.2, 0.25) is 0 Å². The van der Waals surface area contributed by atoms with Crippen LogP contribution in [0.3, 0.4) is 0 Å². The van der Waals surface area contributed by atoms with Gasteiger partial charge in [-0.1, -0.05) is 0 Å². The summed E-state index contributed by atoms with van der Waals surface area (Å²) in [5.41, 5.74) is 1.20. The van der Waals surface area contributed by atoms with E-state index in [0.717, 1.165) is 56.0 Å². The molecule has 15 heteroatoms. The van der Waals surface area contributed by atoms with Gasteiger partial charge < -0.3 is 19.5 Å². The topological polar surface area (TPSA) is 124 Å². The van der Waals surface area contributed by atoms with E-state index in [-0.39, 0.29) is 5.54 Å². The molecule has 1 amide bonds. The quantitative estimate of drug-likeness (QED) is 0.521. The highest BCUT2D eigenvalue weighted by Gasteiger charge is 2.46. The summed E-state index contributed by atoms with van der Waals surface area (Å²) in [6.45, 7) is 5.58. The Labute approximate surface area is 219 Å². The highest BCUT2D eigenvalue weighted by atomic mass is 19.4. The molecular weight excluding hydrogens is 540 g/mol. The fraction of sp³-hybridized carbons (Fsp3) is 0.500. The van der Waals surface area contributed by atoms with Gasteiger partial charge in [-0.15, -0.1) is 0 Å². The van der Waals surface area contributed by atoms with Crippen molar-refractivity contribution in [2.75, 3.05) is 13.1 Å². The lowest BCUT2D eigenvalue weighted by Crippen LogP contribution is -2.52. The fourth-order valence-electron chi connectivity index (χ4n) is 4.24. The summed E-state index contributed by atoms with van der Waals surface area (Å²) in [4.78, 5) is 39.0. The predicted octanol–water partition coefficient (Wildman–Crippen LogP) is 4.41. The minimum absolute atomic E-state index is 0.0376. The second-order valence-corrected chi connectivity index (χ2v) is 8.95. The van der Waals surface area contributed by atoms with Gasteiger partial charge in [0.05, 0.1) is 6.54 Å². The van der Waals surface area contributed by atoms with Gasteiger partial charge in [0.1, 0.15) is 11.5 Å². The summed E-state index contributed by atoms with van der Waals surface area (Å²) in [5, 5.41) is 14.2. The van der Waals surface area contributed by atoms with Gasteiger partial charge in [0.2, 0.25) is 5.91 Å². The maximum Gasteiger partial charge on any atom is 0.490 e. The number of aromatic nitrogens is 1. The number of hydrogen-bond acceptors (Lipinski definition) is 6. The predicted molar refractivity (Wildman–Crippen MR) is 122 cm³/mol. The number of hydrogen-bond donors (Lipinski definition) is 2. The first-order valence-corrected chi connectivity index (χ1v) is 11.6. The van der Waals surface area contributed by atoms with Crippen LogP contribution < -0.4 is 0 Å². The van der Waals surface area contributed by atoms with Crippen LogP contribution in [-0.4, -0.2) is 73.8 Å². The second-order valence-electron chi connectivity index (χ2n) is 8.95. The molecule has 2 aliphatic rings. The van der Waals surface area contributed by atoms with Crippen LogP contribution in [0.5, 0.6) is 0 Å². The van der Waals surface area contributed by atoms with Crippen molar-refractivity contribution in [3.8, 4) is 0 Å². The average Bonchev–Trinajstić information content (AvgIpc) is 3.39. The maximum atomic E-state index is 12.5. The molecule has 0 radical (unpaired) electrons. The highest BCUT2D eigenvalue weighted by Crippen LogP contribution is 2.40. The Hall–Kier alpha value is -3.62. The molecule has 0 aliphatic carbocycles. The van der Waals surface area contributed by atoms with Crippen LogP contribution in [0.1, 0.15) is 42.8 Å². The van der Waals surface area contributed by atoms with E-state index in [4.69, 9.17) is 24.2 Å². The molecule has 1 spiro atoms. The number of nitrogens with zero attached hydrogens (tertiary/aromatic N) is 3. The number of carbonyl (C=O) groups is 3. The molecule has 0 aromatic carbocycles. The molecule has 2 aromatic heterocycles. The van der Waals surface area contributed by atoms with Crippen molar-refractivity contribution in [3.63, 3.8) is 0 Å². The van der Waals surface area contributed by atoms with Gasteiger partial charge in [-0.2, -0.15) is 26.3 Å². The summed E-state index contributed by atoms with van der Waals surface area (Å²) < 4.78 is 69.2. The number of likely N-dealkylation sites (tertiary alicyclic amines) is 2. The molecule has 0 atom stereocenters. The van der Waals surface area contributed by atoms with Crippen LogP contribution in [0.25, 0.3) is 0 Å². The van der Waals surface area contributed by atoms with Crippen molar-refractivity contribution in [1.82, 2.24) is 14.8 Å². The number of amides is 1. The minimum Gasteiger partial charge on any atom is -0.475 e. The van der Waals surface area contributed by atoms with Crippen molar-refractivity contribution >= 4 is 17.8 Å². The number of carboxylic acids is 2. The Bertz CT molecular complexity index is 1090. The minimum atomic E-state index is -5.08. The molecular formula is C24H27F6N3O6. The molecule has 2 fully saturated rings. The van der Waals surface area contributed by atoms with E-state index < -0.39 is 24.3 Å². The zero-order valence-electron chi connectivity index (χ0n) is 20.8. The molecule has 4 rings (SSSR count). The first-order chi connectivity index (χ1) is 18.0. The molecule has 0 saturated carbocycles. The third-order valence-corrected chi connectivity index (χ3v) is 6.22. The Morgan fingerprint density at radius 2 is 1.44 bits per heavy atom. The molecule has 0 bridgehead atoms. The Kier molecular flexibility index (Phi) is 10.5. The molecule has 39 heavy (non-hydrogen) atoms. The van der Waals surface area contributed by atoms with E-state index in [1.165, 1.54) is 0 Å². The SMILES string of the molecule is Cc1ccc(CN2CCC3(CCC(=O)N3Cc3ccncc3)CC2)o1.O=C(O)C(F)(F)F.O=C(O)C(F)(F)F. The third kappa shape index (κ3) is 9.57. The van der Waals surface area contributed by atoms with Crippen molar-refractivity contribution in [2.45, 2.75) is 63.6 Å². The monoisotopic (exact) mass is 567 g/mol. The van der Waals surface area contributed by atoms with Crippen LogP contribution in [0.4, 0.5) is 26.3 Å². The number of carboxylic acid groups (broad SMARTS) is 2. The van der Waals surface area contributed by atoms with Gasteiger partial charge in [0, 0.05) is 44.0 Å². The summed E-state index contributed by atoms with van der Waals surface area (Å²) in [6.07, 6.45) is -2.80. The van der Waals surface area contributed by atoms with Crippen LogP contribution in [-0.2, 0) is 27.5 Å². The summed E-state index contributed by atoms with van der Waals surface area (Å²) in [7, 11) is 0. The lowest BCUT2D eigenvalue weighted by Gasteiger charge is -2.45. The second kappa shape index (κ2) is 13.0. The average molecular weight is 567 g/mol. The fourth-order valence-corrected chi connectivity index (χ4v) is 4.24. The van der Waals surface area contributed by atoms with Crippen LogP contribution in [0, 0.1) is 6.92 Å². The molecule has 2 N–H and O–H groups in total. The highest BCUT2D eigenvalue weighted by molar-refractivity contribution is 5.79. The van der Waals surface area contributed by atoms with E-state index in [0.29, 0.717) is 18.9 Å². The lowest BCUT2D eigenvalue weighted by atomic mass is 9.84. The van der Waals surface area contributed by atoms with Gasteiger partial charge >= 0.3 is 24.3 Å². The molecule has 4 heterocycles. The summed E-state index contributed by atoms with van der Waals surface area (Å²) in [5.74, 6) is -3.22. The number of rotatable bonds is 4. The number of carbonyl (C=O) groups excluding carboxylic acids is 1. The van der Waals surface area contributed by atoms with Gasteiger partial charge in [0.25, 0.3) is 0 Å². The molecule has 2 aliphatic heterocycles. The van der Waals surface area contributed by atoms with Crippen molar-refractivity contribution in [1.29, 1.82) is 0 Å². The number of piperidine rings is 1. The lowest BCUT2D eigenvalue weighted by molar-refractivity contribution is -0.193. The molecule has 2 saturated heterocycles.